The van der Waals surface area contributed by atoms with E-state index in [0.717, 1.165) is 4.90 Å². The van der Waals surface area contributed by atoms with Crippen LogP contribution in [0.2, 0.25) is 0 Å². The van der Waals surface area contributed by atoms with E-state index >= 15 is 0 Å². The average molecular weight is 612 g/mol. The van der Waals surface area contributed by atoms with Crippen molar-refractivity contribution in [2.75, 3.05) is 19.8 Å². The van der Waals surface area contributed by atoms with Crippen LogP contribution < -0.4 is 15.1 Å². The molecule has 3 amide bonds. The van der Waals surface area contributed by atoms with Gasteiger partial charge in [-0.05, 0) is 0 Å². The van der Waals surface area contributed by atoms with E-state index in [1.807, 2.05) is 5.32 Å². The van der Waals surface area contributed by atoms with E-state index in [4.69, 9.17) is 14.6 Å². The second-order valence-corrected chi connectivity index (χ2v) is 10.8. The largest absolute Gasteiger partial charge is 0.756 e. The Morgan fingerprint density at radius 1 is 0.921 bits per heavy atom. The summed E-state index contributed by atoms with van der Waals surface area (Å²) in [6.45, 7) is -2.20. The van der Waals surface area contributed by atoms with E-state index in [0.29, 0.717) is 0 Å². The molecule has 3 heterocycles. The van der Waals surface area contributed by atoms with Crippen molar-refractivity contribution in [3.63, 3.8) is 0 Å². The van der Waals surface area contributed by atoms with Crippen LogP contribution in [0.5, 0.6) is 0 Å². The zero-order valence-corrected chi connectivity index (χ0v) is 25.8. The average Bonchev–Trinajstić information content (AvgIpc) is 3.06. The standard InChI is InChI=1S/C15H26N2O17P2.2Na/c18-3-5-8(20)10(22)12(24)14(32-5)33-36(28,29)34-35(26,27)30-4-6-9(21)11(23)13(31-6)17-2-1-7(19)16-15(17)25;;/h5-6,8-14,18,20-24H,1-4H2,(H,26,27)(H,28,29)(H,16,19,25);;/p-2. The number of ether oxygens (including phenoxy) is 2. The first-order valence-electron chi connectivity index (χ1n) is 10.2. The molecule has 3 fully saturated rings. The van der Waals surface area contributed by atoms with Crippen molar-refractivity contribution in [2.24, 2.45) is 0 Å². The molecule has 11 unspecified atom stereocenters. The minimum absolute atomic E-state index is 0. The van der Waals surface area contributed by atoms with Crippen molar-refractivity contribution < 1.29 is 82.0 Å². The molecule has 23 heteroatoms. The molecule has 3 rings (SSSR count). The van der Waals surface area contributed by atoms with Crippen LogP contribution in [0.4, 0.5) is 4.79 Å². The maximum Gasteiger partial charge on any atom is 0.326 e. The molecule has 3 aliphatic heterocycles. The number of hydrogen-bond donors (Lipinski definition) is 7. The Hall–Kier alpha value is 0.880. The quantitative estimate of drug-likeness (QED) is 0.0940. The molecule has 0 bridgehead atoms. The minimum atomic E-state index is -5.90. The Morgan fingerprint density at radius 3 is 2.11 bits per heavy atom. The molecule has 0 aromatic carbocycles. The van der Waals surface area contributed by atoms with Gasteiger partial charge in [-0.1, -0.05) is 0 Å². The van der Waals surface area contributed by atoms with Crippen molar-refractivity contribution in [3.05, 3.63) is 0 Å². The number of hydrogen-bond acceptors (Lipinski definition) is 17. The van der Waals surface area contributed by atoms with E-state index in [9.17, 15) is 54.0 Å². The Labute approximate surface area is 258 Å². The third-order valence-corrected chi connectivity index (χ3v) is 7.94. The third-order valence-electron chi connectivity index (χ3n) is 5.41. The molecule has 210 valence electrons. The summed E-state index contributed by atoms with van der Waals surface area (Å²) in [5.74, 6) is -0.582. The van der Waals surface area contributed by atoms with Gasteiger partial charge in [0, 0.05) is 72.1 Å². The monoisotopic (exact) mass is 612 g/mol. The number of aliphatic hydroxyl groups is 6. The summed E-state index contributed by atoms with van der Waals surface area (Å²) in [7, 11) is -11.7. The molecule has 3 saturated heterocycles. The number of imide groups is 1. The van der Waals surface area contributed by atoms with Gasteiger partial charge >= 0.3 is 6.03 Å². The molecule has 0 aromatic heterocycles. The summed E-state index contributed by atoms with van der Waals surface area (Å²) in [6.07, 6.45) is -16.7. The zero-order chi connectivity index (χ0) is 27.0. The number of urea groups is 1. The maximum atomic E-state index is 12.0. The number of rotatable bonds is 9. The number of nitrogens with one attached hydrogen (secondary N) is 1. The van der Waals surface area contributed by atoms with Crippen molar-refractivity contribution in [1.29, 1.82) is 0 Å². The minimum Gasteiger partial charge on any atom is -0.756 e. The number of phosphoric ester groups is 2. The first-order valence-corrected chi connectivity index (χ1v) is 13.2. The van der Waals surface area contributed by atoms with E-state index < -0.39 is 96.0 Å². The van der Waals surface area contributed by atoms with Crippen LogP contribution >= 0.6 is 15.6 Å². The van der Waals surface area contributed by atoms with Gasteiger partial charge in [0.2, 0.25) is 5.91 Å². The van der Waals surface area contributed by atoms with Crippen molar-refractivity contribution in [1.82, 2.24) is 10.2 Å². The maximum absolute atomic E-state index is 12.0. The second kappa shape index (κ2) is 14.9. The zero-order valence-electron chi connectivity index (χ0n) is 20.0. The Kier molecular flexibility index (Phi) is 14.4. The number of amides is 3. The Morgan fingerprint density at radius 2 is 1.53 bits per heavy atom. The molecule has 0 aliphatic carbocycles. The van der Waals surface area contributed by atoms with E-state index in [1.54, 1.807) is 0 Å². The summed E-state index contributed by atoms with van der Waals surface area (Å²) >= 11 is 0. The number of aliphatic hydroxyl groups excluding tert-OH is 6. The summed E-state index contributed by atoms with van der Waals surface area (Å²) in [6, 6.07) is -0.931. The van der Waals surface area contributed by atoms with E-state index in [1.165, 1.54) is 0 Å². The van der Waals surface area contributed by atoms with Gasteiger partial charge in [0.1, 0.15) is 42.7 Å². The van der Waals surface area contributed by atoms with Gasteiger partial charge in [0.25, 0.3) is 15.6 Å². The van der Waals surface area contributed by atoms with E-state index in [2.05, 4.69) is 13.4 Å². The molecular formula is C15H24N2Na2O17P2-2. The van der Waals surface area contributed by atoms with Crippen LogP contribution in [0, 0.1) is 0 Å². The first-order chi connectivity index (χ1) is 16.7. The summed E-state index contributed by atoms with van der Waals surface area (Å²) in [5, 5.41) is 60.4. The summed E-state index contributed by atoms with van der Waals surface area (Å²) < 4.78 is 46.5. The molecule has 19 nitrogen and oxygen atoms in total. The number of nitrogens with zero attached hydrogens (tertiary/aromatic N) is 1. The molecule has 0 aromatic rings. The van der Waals surface area contributed by atoms with Crippen LogP contribution in [0.15, 0.2) is 0 Å². The molecule has 3 aliphatic rings. The van der Waals surface area contributed by atoms with Crippen LogP contribution in [0.1, 0.15) is 6.42 Å². The number of phosphoric acid groups is 2. The second-order valence-electron chi connectivity index (χ2n) is 7.92. The molecule has 0 saturated carbocycles. The molecule has 11 atom stereocenters. The van der Waals surface area contributed by atoms with Crippen molar-refractivity contribution in [2.45, 2.75) is 61.7 Å². The fourth-order valence-electron chi connectivity index (χ4n) is 3.56. The number of carbonyl (C=O) groups is 2. The molecule has 0 spiro atoms. The van der Waals surface area contributed by atoms with Crippen LogP contribution in [-0.2, 0) is 36.8 Å². The Bertz CT molecular complexity index is 932. The topological polar surface area (TPSA) is 297 Å². The normalized spacial score (nSPS) is 38.8. The molecule has 38 heavy (non-hydrogen) atoms. The van der Waals surface area contributed by atoms with Crippen LogP contribution in [-0.4, -0.2) is 182 Å². The van der Waals surface area contributed by atoms with Crippen LogP contribution in [0.25, 0.3) is 0 Å². The molecular weight excluding hydrogens is 588 g/mol. The van der Waals surface area contributed by atoms with Gasteiger partial charge < -0.3 is 54.4 Å². The fraction of sp³-hybridized carbons (Fsp3) is 0.867. The summed E-state index contributed by atoms with van der Waals surface area (Å²) in [4.78, 5) is 48.1. The molecule has 7 N–H and O–H groups in total. The van der Waals surface area contributed by atoms with Gasteiger partial charge in [-0.25, -0.2) is 9.11 Å². The summed E-state index contributed by atoms with van der Waals surface area (Å²) in [5.41, 5.74) is 0. The van der Waals surface area contributed by atoms with Gasteiger partial charge in [-0.2, -0.15) is 0 Å². The van der Waals surface area contributed by atoms with Crippen molar-refractivity contribution in [3.8, 4) is 0 Å². The number of carbonyl (C=O) groups excluding carboxylic acids is 2. The smallest absolute Gasteiger partial charge is 0.326 e. The SMILES string of the molecule is O=C1CCN(C2OC(COP(=O)([O-])OP(=O)([O-])OC3OC(CO)C(O)C(O)C3O)C(O)C2O)C(=O)N1.[Na].[Na]. The van der Waals surface area contributed by atoms with Gasteiger partial charge in [0.15, 0.2) is 12.5 Å². The van der Waals surface area contributed by atoms with E-state index in [-0.39, 0.29) is 72.1 Å². The van der Waals surface area contributed by atoms with Gasteiger partial charge in [0.05, 0.1) is 13.2 Å². The predicted octanol–water partition coefficient (Wildman–Crippen LogP) is -6.60. The predicted molar refractivity (Wildman–Crippen MR) is 114 cm³/mol. The fourth-order valence-corrected chi connectivity index (χ4v) is 5.64. The molecule has 2 radical (unpaired) electrons. The third kappa shape index (κ3) is 8.94. The first kappa shape index (κ1) is 36.9. The Balaban J connectivity index is 0.00000361. The van der Waals surface area contributed by atoms with Crippen molar-refractivity contribution >= 4 is 86.7 Å². The van der Waals surface area contributed by atoms with Gasteiger partial charge in [-0.3, -0.25) is 28.7 Å². The van der Waals surface area contributed by atoms with Crippen LogP contribution in [0.3, 0.4) is 0 Å². The van der Waals surface area contributed by atoms with Gasteiger partial charge in [-0.15, -0.1) is 0 Å².